The van der Waals surface area contributed by atoms with Crippen LogP contribution in [-0.2, 0) is 18.4 Å². The largest absolute Gasteiger partial charge is 0.378 e. The first-order valence-corrected chi connectivity index (χ1v) is 10.00. The predicted octanol–water partition coefficient (Wildman–Crippen LogP) is 3.02. The normalized spacial score (nSPS) is 10.7. The molecule has 0 unspecified atom stereocenters. The predicted molar refractivity (Wildman–Crippen MR) is 108 cm³/mol. The number of benzene rings is 1. The van der Waals surface area contributed by atoms with E-state index in [1.165, 1.54) is 11.8 Å². The van der Waals surface area contributed by atoms with Crippen LogP contribution in [0.4, 0.5) is 5.69 Å². The minimum Gasteiger partial charge on any atom is -0.378 e. The first-order chi connectivity index (χ1) is 12.5. The van der Waals surface area contributed by atoms with Gasteiger partial charge in [-0.2, -0.15) is 0 Å². The van der Waals surface area contributed by atoms with E-state index >= 15 is 0 Å². The molecule has 2 heterocycles. The van der Waals surface area contributed by atoms with Crippen molar-refractivity contribution in [2.24, 2.45) is 7.05 Å². The highest BCUT2D eigenvalue weighted by Crippen LogP contribution is 2.25. The molecular weight excluding hydrogens is 366 g/mol. The Morgan fingerprint density at radius 2 is 2.00 bits per heavy atom. The van der Waals surface area contributed by atoms with Crippen LogP contribution in [0.15, 0.2) is 46.9 Å². The van der Waals surface area contributed by atoms with E-state index < -0.39 is 0 Å². The summed E-state index contributed by atoms with van der Waals surface area (Å²) in [6.45, 7) is 0.520. The summed E-state index contributed by atoms with van der Waals surface area (Å²) in [5, 5.41) is 14.1. The van der Waals surface area contributed by atoms with E-state index in [0.717, 1.165) is 27.1 Å². The van der Waals surface area contributed by atoms with Gasteiger partial charge < -0.3 is 14.8 Å². The van der Waals surface area contributed by atoms with Gasteiger partial charge in [-0.1, -0.05) is 30.0 Å². The molecule has 0 saturated carbocycles. The molecule has 26 heavy (non-hydrogen) atoms. The van der Waals surface area contributed by atoms with Gasteiger partial charge in [0.1, 0.15) is 0 Å². The Bertz CT molecular complexity index is 856. The zero-order chi connectivity index (χ0) is 18.5. The van der Waals surface area contributed by atoms with Gasteiger partial charge in [-0.05, 0) is 29.1 Å². The third-order valence-corrected chi connectivity index (χ3v) is 5.74. The number of thiophene rings is 1. The second-order valence-corrected chi connectivity index (χ2v) is 7.86. The molecule has 0 spiro atoms. The highest BCUT2D eigenvalue weighted by atomic mass is 32.2. The number of amides is 1. The molecule has 0 radical (unpaired) electrons. The van der Waals surface area contributed by atoms with Crippen molar-refractivity contribution < 1.29 is 4.79 Å². The maximum Gasteiger partial charge on any atom is 0.230 e. The van der Waals surface area contributed by atoms with Crippen molar-refractivity contribution in [3.8, 4) is 10.7 Å². The highest BCUT2D eigenvalue weighted by molar-refractivity contribution is 7.99. The summed E-state index contributed by atoms with van der Waals surface area (Å²) >= 11 is 3.01. The van der Waals surface area contributed by atoms with Gasteiger partial charge in [0.05, 0.1) is 10.6 Å². The molecule has 1 N–H and O–H groups in total. The summed E-state index contributed by atoms with van der Waals surface area (Å²) in [5.41, 5.74) is 2.21. The van der Waals surface area contributed by atoms with Crippen molar-refractivity contribution in [1.82, 2.24) is 20.1 Å². The van der Waals surface area contributed by atoms with Gasteiger partial charge in [-0.3, -0.25) is 4.79 Å². The van der Waals surface area contributed by atoms with Crippen molar-refractivity contribution in [3.05, 3.63) is 47.3 Å². The van der Waals surface area contributed by atoms with Crippen LogP contribution in [-0.4, -0.2) is 40.5 Å². The van der Waals surface area contributed by atoms with E-state index in [0.29, 0.717) is 12.3 Å². The molecule has 1 amide bonds. The molecule has 8 heteroatoms. The van der Waals surface area contributed by atoms with Crippen LogP contribution in [0, 0.1) is 0 Å². The maximum atomic E-state index is 12.1. The fourth-order valence-corrected chi connectivity index (χ4v) is 3.84. The lowest BCUT2D eigenvalue weighted by atomic mass is 10.2. The van der Waals surface area contributed by atoms with Crippen LogP contribution in [0.3, 0.4) is 0 Å². The monoisotopic (exact) mass is 387 g/mol. The van der Waals surface area contributed by atoms with Crippen LogP contribution in [0.1, 0.15) is 5.56 Å². The van der Waals surface area contributed by atoms with Gasteiger partial charge in [0.2, 0.25) is 5.91 Å². The first kappa shape index (κ1) is 18.5. The topological polar surface area (TPSA) is 63.1 Å². The quantitative estimate of drug-likeness (QED) is 0.632. The third kappa shape index (κ3) is 4.44. The van der Waals surface area contributed by atoms with Crippen LogP contribution < -0.4 is 10.2 Å². The fourth-order valence-electron chi connectivity index (χ4n) is 2.35. The molecule has 0 fully saturated rings. The maximum absolute atomic E-state index is 12.1. The number of carbonyl (C=O) groups is 1. The number of rotatable bonds is 7. The van der Waals surface area contributed by atoms with Crippen molar-refractivity contribution in [2.45, 2.75) is 11.7 Å². The molecule has 0 aliphatic heterocycles. The number of anilines is 1. The molecule has 0 bridgehead atoms. The molecule has 0 aliphatic rings. The van der Waals surface area contributed by atoms with Gasteiger partial charge in [0.15, 0.2) is 11.0 Å². The fraction of sp³-hybridized carbons (Fsp3) is 0.278. The minimum atomic E-state index is -0.0210. The van der Waals surface area contributed by atoms with Gasteiger partial charge in [0, 0.05) is 33.4 Å². The summed E-state index contributed by atoms with van der Waals surface area (Å²) in [7, 11) is 5.93. The molecule has 1 aromatic carbocycles. The van der Waals surface area contributed by atoms with E-state index in [9.17, 15) is 4.79 Å². The van der Waals surface area contributed by atoms with E-state index in [2.05, 4.69) is 15.5 Å². The van der Waals surface area contributed by atoms with E-state index in [-0.39, 0.29) is 5.91 Å². The number of thioether (sulfide) groups is 1. The molecular formula is C18H21N5OS2. The Balaban J connectivity index is 1.50. The van der Waals surface area contributed by atoms with Gasteiger partial charge in [-0.25, -0.2) is 0 Å². The second-order valence-electron chi connectivity index (χ2n) is 5.97. The Kier molecular flexibility index (Phi) is 5.95. The molecule has 0 aliphatic carbocycles. The van der Waals surface area contributed by atoms with Crippen molar-refractivity contribution in [2.75, 3.05) is 24.7 Å². The van der Waals surface area contributed by atoms with Crippen LogP contribution >= 0.6 is 23.1 Å². The molecule has 0 atom stereocenters. The summed E-state index contributed by atoms with van der Waals surface area (Å²) in [6, 6.07) is 12.1. The zero-order valence-electron chi connectivity index (χ0n) is 15.0. The Hall–Kier alpha value is -2.32. The van der Waals surface area contributed by atoms with E-state index in [1.54, 1.807) is 11.3 Å². The van der Waals surface area contributed by atoms with Gasteiger partial charge in [0.25, 0.3) is 0 Å². The molecule has 2 aromatic heterocycles. The van der Waals surface area contributed by atoms with E-state index in [4.69, 9.17) is 0 Å². The summed E-state index contributed by atoms with van der Waals surface area (Å²) < 4.78 is 1.92. The van der Waals surface area contributed by atoms with Crippen molar-refractivity contribution in [1.29, 1.82) is 0 Å². The van der Waals surface area contributed by atoms with Crippen LogP contribution in [0.2, 0.25) is 0 Å². The Labute approximate surface area is 161 Å². The van der Waals surface area contributed by atoms with Crippen LogP contribution in [0.5, 0.6) is 0 Å². The number of nitrogens with one attached hydrogen (secondary N) is 1. The molecule has 6 nitrogen and oxygen atoms in total. The number of hydrogen-bond acceptors (Lipinski definition) is 6. The Morgan fingerprint density at radius 3 is 2.65 bits per heavy atom. The highest BCUT2D eigenvalue weighted by Gasteiger charge is 2.13. The molecule has 3 aromatic rings. The zero-order valence-corrected chi connectivity index (χ0v) is 16.6. The standard InChI is InChI=1S/C18H21N5OS2/c1-22(2)14-8-6-13(7-9-14)11-19-16(24)12-26-18-21-20-17(23(18)3)15-5-4-10-25-15/h4-10H,11-12H2,1-3H3,(H,19,24). The average Bonchev–Trinajstić information content (AvgIpc) is 3.28. The van der Waals surface area contributed by atoms with Crippen molar-refractivity contribution in [3.63, 3.8) is 0 Å². The number of nitrogens with zero attached hydrogens (tertiary/aromatic N) is 4. The smallest absolute Gasteiger partial charge is 0.230 e. The lowest BCUT2D eigenvalue weighted by Gasteiger charge is -2.12. The first-order valence-electron chi connectivity index (χ1n) is 8.13. The summed E-state index contributed by atoms with van der Waals surface area (Å²) in [4.78, 5) is 15.2. The van der Waals surface area contributed by atoms with E-state index in [1.807, 2.05) is 72.4 Å². The van der Waals surface area contributed by atoms with Gasteiger partial charge >= 0.3 is 0 Å². The summed E-state index contributed by atoms with van der Waals surface area (Å²) in [5.74, 6) is 1.11. The van der Waals surface area contributed by atoms with Crippen molar-refractivity contribution >= 4 is 34.7 Å². The van der Waals surface area contributed by atoms with Gasteiger partial charge in [-0.15, -0.1) is 21.5 Å². The minimum absolute atomic E-state index is 0.0210. The number of hydrogen-bond donors (Lipinski definition) is 1. The second kappa shape index (κ2) is 8.37. The third-order valence-electron chi connectivity index (χ3n) is 3.85. The lowest BCUT2D eigenvalue weighted by molar-refractivity contribution is -0.118. The molecule has 3 rings (SSSR count). The SMILES string of the molecule is CN(C)c1ccc(CNC(=O)CSc2nnc(-c3cccs3)n2C)cc1. The molecule has 136 valence electrons. The Morgan fingerprint density at radius 1 is 1.23 bits per heavy atom. The lowest BCUT2D eigenvalue weighted by Crippen LogP contribution is -2.24. The summed E-state index contributed by atoms with van der Waals surface area (Å²) in [6.07, 6.45) is 0. The van der Waals surface area contributed by atoms with Crippen LogP contribution in [0.25, 0.3) is 10.7 Å². The molecule has 0 saturated heterocycles. The number of carbonyl (C=O) groups excluding carboxylic acids is 1. The number of aromatic nitrogens is 3. The average molecular weight is 388 g/mol.